The van der Waals surface area contributed by atoms with Crippen LogP contribution >= 0.6 is 0 Å². The first-order chi connectivity index (χ1) is 9.90. The summed E-state index contributed by atoms with van der Waals surface area (Å²) < 4.78 is 45.2. The number of benzene rings is 1. The van der Waals surface area contributed by atoms with Gasteiger partial charge < -0.3 is 20.1 Å². The van der Waals surface area contributed by atoms with Crippen LogP contribution in [0.5, 0.6) is 5.75 Å². The van der Waals surface area contributed by atoms with Crippen molar-refractivity contribution in [3.8, 4) is 5.75 Å². The number of ether oxygens (including phenoxy) is 2. The standard InChI is InChI=1S/C13H15F3N2O3/c14-13(15,16)21-11-3-1-9(2-4-11)12(19)18-5-6-20-8-10(18)7-17/h1-4,10H,5-8,17H2. The van der Waals surface area contributed by atoms with Crippen molar-refractivity contribution in [1.29, 1.82) is 0 Å². The minimum Gasteiger partial charge on any atom is -0.406 e. The van der Waals surface area contributed by atoms with E-state index in [4.69, 9.17) is 10.5 Å². The summed E-state index contributed by atoms with van der Waals surface area (Å²) in [5.74, 6) is -0.649. The maximum atomic E-state index is 12.3. The van der Waals surface area contributed by atoms with Gasteiger partial charge in [0.2, 0.25) is 0 Å². The van der Waals surface area contributed by atoms with Crippen molar-refractivity contribution in [3.05, 3.63) is 29.8 Å². The Labute approximate surface area is 119 Å². The van der Waals surface area contributed by atoms with Gasteiger partial charge >= 0.3 is 6.36 Å². The Morgan fingerprint density at radius 3 is 2.62 bits per heavy atom. The van der Waals surface area contributed by atoms with Gasteiger partial charge in [0, 0.05) is 18.7 Å². The molecule has 1 aromatic rings. The smallest absolute Gasteiger partial charge is 0.406 e. The Morgan fingerprint density at radius 2 is 2.05 bits per heavy atom. The molecule has 1 heterocycles. The van der Waals surface area contributed by atoms with Crippen LogP contribution in [0.1, 0.15) is 10.4 Å². The molecule has 5 nitrogen and oxygen atoms in total. The van der Waals surface area contributed by atoms with Crippen molar-refractivity contribution in [1.82, 2.24) is 4.90 Å². The number of hydrogen-bond donors (Lipinski definition) is 1. The topological polar surface area (TPSA) is 64.8 Å². The van der Waals surface area contributed by atoms with E-state index >= 15 is 0 Å². The number of nitrogens with zero attached hydrogens (tertiary/aromatic N) is 1. The predicted molar refractivity (Wildman–Crippen MR) is 67.8 cm³/mol. The monoisotopic (exact) mass is 304 g/mol. The van der Waals surface area contributed by atoms with E-state index in [9.17, 15) is 18.0 Å². The minimum absolute atomic E-state index is 0.225. The lowest BCUT2D eigenvalue weighted by Gasteiger charge is -2.34. The van der Waals surface area contributed by atoms with Crippen molar-refractivity contribution in [2.24, 2.45) is 5.73 Å². The molecule has 1 aliphatic heterocycles. The van der Waals surface area contributed by atoms with Crippen molar-refractivity contribution >= 4 is 5.91 Å². The summed E-state index contributed by atoms with van der Waals surface area (Å²) in [6.45, 7) is 1.44. The molecule has 1 saturated heterocycles. The van der Waals surface area contributed by atoms with Crippen LogP contribution in [-0.4, -0.2) is 49.5 Å². The number of nitrogens with two attached hydrogens (primary N) is 1. The SMILES string of the molecule is NCC1COCCN1C(=O)c1ccc(OC(F)(F)F)cc1. The summed E-state index contributed by atoms with van der Waals surface area (Å²) in [5, 5.41) is 0. The second-order valence-corrected chi connectivity index (χ2v) is 4.54. The Balaban J connectivity index is 2.08. The lowest BCUT2D eigenvalue weighted by molar-refractivity contribution is -0.274. The molecule has 1 amide bonds. The van der Waals surface area contributed by atoms with Crippen LogP contribution in [0, 0.1) is 0 Å². The lowest BCUT2D eigenvalue weighted by atomic mass is 10.1. The molecule has 8 heteroatoms. The molecule has 1 unspecified atom stereocenters. The number of rotatable bonds is 3. The van der Waals surface area contributed by atoms with Crippen LogP contribution in [0.4, 0.5) is 13.2 Å². The van der Waals surface area contributed by atoms with Gasteiger partial charge in [-0.3, -0.25) is 4.79 Å². The first kappa shape index (κ1) is 15.6. The van der Waals surface area contributed by atoms with Crippen LogP contribution in [0.15, 0.2) is 24.3 Å². The highest BCUT2D eigenvalue weighted by Gasteiger charge is 2.31. The lowest BCUT2D eigenvalue weighted by Crippen LogP contribution is -2.52. The highest BCUT2D eigenvalue weighted by Crippen LogP contribution is 2.23. The Morgan fingerprint density at radius 1 is 1.38 bits per heavy atom. The van der Waals surface area contributed by atoms with E-state index in [-0.39, 0.29) is 29.8 Å². The fraction of sp³-hybridized carbons (Fsp3) is 0.462. The van der Waals surface area contributed by atoms with Gasteiger partial charge in [0.1, 0.15) is 5.75 Å². The third-order valence-electron chi connectivity index (χ3n) is 3.10. The zero-order chi connectivity index (χ0) is 15.5. The van der Waals surface area contributed by atoms with E-state index in [0.29, 0.717) is 19.8 Å². The zero-order valence-electron chi connectivity index (χ0n) is 11.1. The van der Waals surface area contributed by atoms with E-state index in [1.165, 1.54) is 12.1 Å². The fourth-order valence-electron chi connectivity index (χ4n) is 2.08. The zero-order valence-corrected chi connectivity index (χ0v) is 11.1. The second kappa shape index (κ2) is 6.31. The Hall–Kier alpha value is -1.80. The maximum absolute atomic E-state index is 12.3. The van der Waals surface area contributed by atoms with Crippen molar-refractivity contribution < 1.29 is 27.4 Å². The number of morpholine rings is 1. The minimum atomic E-state index is -4.75. The van der Waals surface area contributed by atoms with E-state index < -0.39 is 6.36 Å². The molecule has 21 heavy (non-hydrogen) atoms. The number of carbonyl (C=O) groups is 1. The highest BCUT2D eigenvalue weighted by atomic mass is 19.4. The van der Waals surface area contributed by atoms with E-state index in [2.05, 4.69) is 4.74 Å². The Kier molecular flexibility index (Phi) is 4.69. The summed E-state index contributed by atoms with van der Waals surface area (Å²) in [6.07, 6.45) is -4.75. The average molecular weight is 304 g/mol. The van der Waals surface area contributed by atoms with Crippen LogP contribution < -0.4 is 10.5 Å². The molecule has 2 rings (SSSR count). The molecule has 1 atom stereocenters. The molecule has 0 saturated carbocycles. The second-order valence-electron chi connectivity index (χ2n) is 4.54. The summed E-state index contributed by atoms with van der Waals surface area (Å²) in [6, 6.07) is 4.59. The predicted octanol–water partition coefficient (Wildman–Crippen LogP) is 1.38. The number of halogens is 3. The van der Waals surface area contributed by atoms with Gasteiger partial charge in [-0.2, -0.15) is 0 Å². The summed E-state index contributed by atoms with van der Waals surface area (Å²) in [4.78, 5) is 13.9. The quantitative estimate of drug-likeness (QED) is 0.916. The molecule has 1 fully saturated rings. The molecular weight excluding hydrogens is 289 g/mol. The van der Waals surface area contributed by atoms with Gasteiger partial charge in [-0.1, -0.05) is 0 Å². The Bertz CT molecular complexity index is 490. The van der Waals surface area contributed by atoms with Crippen molar-refractivity contribution in [3.63, 3.8) is 0 Å². The number of amides is 1. The molecule has 2 N–H and O–H groups in total. The van der Waals surface area contributed by atoms with Crippen molar-refractivity contribution in [2.75, 3.05) is 26.3 Å². The molecule has 1 aliphatic rings. The fourth-order valence-corrected chi connectivity index (χ4v) is 2.08. The molecular formula is C13H15F3N2O3. The number of carbonyl (C=O) groups excluding carboxylic acids is 1. The van der Waals surface area contributed by atoms with Gasteiger partial charge in [0.05, 0.1) is 19.3 Å². The number of alkyl halides is 3. The van der Waals surface area contributed by atoms with E-state index in [1.807, 2.05) is 0 Å². The van der Waals surface area contributed by atoms with Gasteiger partial charge in [-0.15, -0.1) is 13.2 Å². The van der Waals surface area contributed by atoms with Crippen molar-refractivity contribution in [2.45, 2.75) is 12.4 Å². The van der Waals surface area contributed by atoms with Gasteiger partial charge in [-0.05, 0) is 24.3 Å². The van der Waals surface area contributed by atoms with Gasteiger partial charge in [0.15, 0.2) is 0 Å². The molecule has 116 valence electrons. The number of hydrogen-bond acceptors (Lipinski definition) is 4. The highest BCUT2D eigenvalue weighted by molar-refractivity contribution is 5.94. The average Bonchev–Trinajstić information content (AvgIpc) is 2.45. The van der Waals surface area contributed by atoms with Crippen LogP contribution in [0.2, 0.25) is 0 Å². The summed E-state index contributed by atoms with van der Waals surface area (Å²) >= 11 is 0. The maximum Gasteiger partial charge on any atom is 0.573 e. The molecule has 0 bridgehead atoms. The summed E-state index contributed by atoms with van der Waals surface area (Å²) in [7, 11) is 0. The first-order valence-corrected chi connectivity index (χ1v) is 6.35. The van der Waals surface area contributed by atoms with E-state index in [1.54, 1.807) is 4.90 Å². The van der Waals surface area contributed by atoms with E-state index in [0.717, 1.165) is 12.1 Å². The first-order valence-electron chi connectivity index (χ1n) is 6.35. The third-order valence-corrected chi connectivity index (χ3v) is 3.10. The molecule has 0 aromatic heterocycles. The van der Waals surface area contributed by atoms with Crippen LogP contribution in [0.25, 0.3) is 0 Å². The van der Waals surface area contributed by atoms with Crippen LogP contribution in [-0.2, 0) is 4.74 Å². The molecule has 1 aromatic carbocycles. The third kappa shape index (κ3) is 4.08. The summed E-state index contributed by atoms with van der Waals surface area (Å²) in [5.41, 5.74) is 5.87. The molecule has 0 radical (unpaired) electrons. The van der Waals surface area contributed by atoms with Gasteiger partial charge in [-0.25, -0.2) is 0 Å². The van der Waals surface area contributed by atoms with Crippen LogP contribution in [0.3, 0.4) is 0 Å². The van der Waals surface area contributed by atoms with Gasteiger partial charge in [0.25, 0.3) is 5.91 Å². The largest absolute Gasteiger partial charge is 0.573 e. The molecule has 0 spiro atoms. The normalized spacial score (nSPS) is 19.4. The molecule has 0 aliphatic carbocycles.